The van der Waals surface area contributed by atoms with Gasteiger partial charge in [0.05, 0.1) is 22.5 Å². The molecule has 0 aliphatic carbocycles. The SMILES string of the molecule is Cc1ccc(S(=O)(=O)NC(=O)NC(CO)C(O)c2ccc([N+](=O)[O-])cc2)cc1. The van der Waals surface area contributed by atoms with Gasteiger partial charge in [0, 0.05) is 12.1 Å². The lowest BCUT2D eigenvalue weighted by Crippen LogP contribution is -2.48. The van der Waals surface area contributed by atoms with E-state index in [0.717, 1.165) is 17.7 Å². The van der Waals surface area contributed by atoms with E-state index in [1.807, 2.05) is 0 Å². The summed E-state index contributed by atoms with van der Waals surface area (Å²) in [6, 6.07) is 8.30. The topological polar surface area (TPSA) is 159 Å². The van der Waals surface area contributed by atoms with Crippen LogP contribution in [0, 0.1) is 17.0 Å². The van der Waals surface area contributed by atoms with Gasteiger partial charge in [-0.25, -0.2) is 17.9 Å². The third kappa shape index (κ3) is 5.25. The number of hydrogen-bond donors (Lipinski definition) is 4. The second kappa shape index (κ2) is 8.78. The minimum absolute atomic E-state index is 0.121. The number of sulfonamides is 1. The molecule has 0 aliphatic rings. The second-order valence-electron chi connectivity index (χ2n) is 5.97. The number of aliphatic hydroxyl groups excluding tert-OH is 2. The zero-order valence-corrected chi connectivity index (χ0v) is 15.6. The number of nitrogens with one attached hydrogen (secondary N) is 2. The number of hydrogen-bond acceptors (Lipinski definition) is 7. The average molecular weight is 409 g/mol. The molecule has 2 amide bonds. The van der Waals surface area contributed by atoms with Crippen molar-refractivity contribution in [2.24, 2.45) is 0 Å². The van der Waals surface area contributed by atoms with E-state index in [1.165, 1.54) is 24.3 Å². The van der Waals surface area contributed by atoms with Crippen molar-refractivity contribution in [3.63, 3.8) is 0 Å². The lowest BCUT2D eigenvalue weighted by molar-refractivity contribution is -0.384. The van der Waals surface area contributed by atoms with Crippen molar-refractivity contribution in [2.75, 3.05) is 6.61 Å². The number of carbonyl (C=O) groups is 1. The van der Waals surface area contributed by atoms with Gasteiger partial charge in [0.25, 0.3) is 15.7 Å². The number of urea groups is 1. The summed E-state index contributed by atoms with van der Waals surface area (Å²) in [5, 5.41) is 32.6. The molecule has 10 nitrogen and oxygen atoms in total. The number of nitro benzene ring substituents is 1. The number of nitrogens with zero attached hydrogens (tertiary/aromatic N) is 1. The van der Waals surface area contributed by atoms with Crippen LogP contribution in [0.15, 0.2) is 53.4 Å². The van der Waals surface area contributed by atoms with Crippen LogP contribution in [-0.2, 0) is 10.0 Å². The van der Waals surface area contributed by atoms with Crippen molar-refractivity contribution >= 4 is 21.7 Å². The minimum atomic E-state index is -4.14. The van der Waals surface area contributed by atoms with Crippen LogP contribution in [0.5, 0.6) is 0 Å². The fourth-order valence-corrected chi connectivity index (χ4v) is 3.26. The monoisotopic (exact) mass is 409 g/mol. The number of benzene rings is 2. The molecule has 4 N–H and O–H groups in total. The summed E-state index contributed by atoms with van der Waals surface area (Å²) in [6.45, 7) is 1.08. The van der Waals surface area contributed by atoms with Gasteiger partial charge in [0.2, 0.25) is 0 Å². The highest BCUT2D eigenvalue weighted by molar-refractivity contribution is 7.90. The molecule has 11 heteroatoms. The highest BCUT2D eigenvalue weighted by Gasteiger charge is 2.25. The van der Waals surface area contributed by atoms with Gasteiger partial charge in [-0.2, -0.15) is 0 Å². The summed E-state index contributed by atoms with van der Waals surface area (Å²) in [6.07, 6.45) is -1.42. The Bertz CT molecular complexity index is 944. The van der Waals surface area contributed by atoms with Crippen LogP contribution in [0.25, 0.3) is 0 Å². The van der Waals surface area contributed by atoms with Crippen LogP contribution >= 0.6 is 0 Å². The van der Waals surface area contributed by atoms with Crippen LogP contribution in [0.4, 0.5) is 10.5 Å². The lowest BCUT2D eigenvalue weighted by Gasteiger charge is -2.22. The third-order valence-corrected chi connectivity index (χ3v) is 5.24. The zero-order valence-electron chi connectivity index (χ0n) is 14.8. The first-order valence-corrected chi connectivity index (χ1v) is 9.55. The molecular formula is C17H19N3O7S. The van der Waals surface area contributed by atoms with Crippen molar-refractivity contribution in [1.29, 1.82) is 0 Å². The normalized spacial score (nSPS) is 13.4. The molecule has 0 bridgehead atoms. The number of nitro groups is 1. The maximum atomic E-state index is 12.2. The highest BCUT2D eigenvalue weighted by atomic mass is 32.2. The van der Waals surface area contributed by atoms with Crippen LogP contribution in [0.1, 0.15) is 17.2 Å². The summed E-state index contributed by atoms with van der Waals surface area (Å²) in [7, 11) is -4.14. The Labute approximate surface area is 161 Å². The van der Waals surface area contributed by atoms with Gasteiger partial charge in [0.1, 0.15) is 6.10 Å². The summed E-state index contributed by atoms with van der Waals surface area (Å²) >= 11 is 0. The lowest BCUT2D eigenvalue weighted by atomic mass is 10.0. The maximum absolute atomic E-state index is 12.2. The summed E-state index contributed by atoms with van der Waals surface area (Å²) < 4.78 is 26.2. The van der Waals surface area contributed by atoms with Gasteiger partial charge in [-0.05, 0) is 36.8 Å². The van der Waals surface area contributed by atoms with Crippen LogP contribution in [-0.4, -0.2) is 42.2 Å². The van der Waals surface area contributed by atoms with Crippen molar-refractivity contribution in [2.45, 2.75) is 24.0 Å². The molecule has 2 aromatic carbocycles. The molecule has 0 aromatic heterocycles. The van der Waals surface area contributed by atoms with E-state index in [9.17, 15) is 33.5 Å². The number of aliphatic hydroxyl groups is 2. The number of aryl methyl sites for hydroxylation is 1. The standard InChI is InChI=1S/C17H19N3O7S/c1-11-2-8-14(9-3-11)28(26,27)19-17(23)18-15(10-21)16(22)12-4-6-13(7-5-12)20(24)25/h2-9,15-16,21-22H,10H2,1H3,(H2,18,19,23). The van der Waals surface area contributed by atoms with Crippen LogP contribution < -0.4 is 10.0 Å². The molecule has 2 aromatic rings. The minimum Gasteiger partial charge on any atom is -0.394 e. The molecule has 150 valence electrons. The Kier molecular flexibility index (Phi) is 6.67. The smallest absolute Gasteiger partial charge is 0.329 e. The molecular weight excluding hydrogens is 390 g/mol. The fourth-order valence-electron chi connectivity index (χ4n) is 2.35. The molecule has 0 heterocycles. The number of carbonyl (C=O) groups excluding carboxylic acids is 1. The number of rotatable bonds is 7. The zero-order chi connectivity index (χ0) is 20.9. The molecule has 0 aliphatic heterocycles. The second-order valence-corrected chi connectivity index (χ2v) is 7.66. The molecule has 2 rings (SSSR count). The Morgan fingerprint density at radius 2 is 1.71 bits per heavy atom. The van der Waals surface area contributed by atoms with E-state index < -0.39 is 39.7 Å². The molecule has 0 saturated heterocycles. The summed E-state index contributed by atoms with van der Waals surface area (Å²) in [5.41, 5.74) is 0.854. The van der Waals surface area contributed by atoms with Crippen molar-refractivity contribution in [3.8, 4) is 0 Å². The van der Waals surface area contributed by atoms with Crippen LogP contribution in [0.3, 0.4) is 0 Å². The van der Waals surface area contributed by atoms with Crippen molar-refractivity contribution in [3.05, 3.63) is 69.8 Å². The molecule has 28 heavy (non-hydrogen) atoms. The van der Waals surface area contributed by atoms with Gasteiger partial charge in [-0.15, -0.1) is 0 Å². The van der Waals surface area contributed by atoms with Crippen LogP contribution in [0.2, 0.25) is 0 Å². The molecule has 0 radical (unpaired) electrons. The first-order chi connectivity index (χ1) is 13.1. The highest BCUT2D eigenvalue weighted by Crippen LogP contribution is 2.20. The predicted octanol–water partition coefficient (Wildman–Crippen LogP) is 0.986. The van der Waals surface area contributed by atoms with Gasteiger partial charge in [0.15, 0.2) is 0 Å². The summed E-state index contributed by atoms with van der Waals surface area (Å²) in [4.78, 5) is 22.0. The molecule has 0 saturated carbocycles. The van der Waals surface area contributed by atoms with Crippen molar-refractivity contribution < 1.29 is 28.3 Å². The van der Waals surface area contributed by atoms with E-state index in [2.05, 4.69) is 5.32 Å². The van der Waals surface area contributed by atoms with E-state index in [4.69, 9.17) is 0 Å². The fraction of sp³-hybridized carbons (Fsp3) is 0.235. The first-order valence-electron chi connectivity index (χ1n) is 8.07. The molecule has 2 atom stereocenters. The Morgan fingerprint density at radius 3 is 2.21 bits per heavy atom. The van der Waals surface area contributed by atoms with Gasteiger partial charge in [-0.1, -0.05) is 17.7 Å². The van der Waals surface area contributed by atoms with E-state index in [-0.39, 0.29) is 16.1 Å². The van der Waals surface area contributed by atoms with Gasteiger partial charge >= 0.3 is 6.03 Å². The Morgan fingerprint density at radius 1 is 1.14 bits per heavy atom. The average Bonchev–Trinajstić information content (AvgIpc) is 2.65. The van der Waals surface area contributed by atoms with Crippen molar-refractivity contribution in [1.82, 2.24) is 10.0 Å². The molecule has 2 unspecified atom stereocenters. The number of amides is 2. The Hall–Kier alpha value is -3.02. The quantitative estimate of drug-likeness (QED) is 0.392. The summed E-state index contributed by atoms with van der Waals surface area (Å²) in [5.74, 6) is 0. The predicted molar refractivity (Wildman–Crippen MR) is 99.0 cm³/mol. The molecule has 0 fully saturated rings. The molecule has 0 spiro atoms. The van der Waals surface area contributed by atoms with E-state index >= 15 is 0 Å². The van der Waals surface area contributed by atoms with Gasteiger partial charge < -0.3 is 15.5 Å². The van der Waals surface area contributed by atoms with E-state index in [1.54, 1.807) is 23.8 Å². The van der Waals surface area contributed by atoms with Gasteiger partial charge in [-0.3, -0.25) is 10.1 Å². The largest absolute Gasteiger partial charge is 0.394 e. The first kappa shape index (κ1) is 21.3. The van der Waals surface area contributed by atoms with E-state index in [0.29, 0.717) is 0 Å². The Balaban J connectivity index is 2.07. The number of non-ortho nitro benzene ring substituents is 1. The maximum Gasteiger partial charge on any atom is 0.329 e. The third-order valence-electron chi connectivity index (χ3n) is 3.90.